The van der Waals surface area contributed by atoms with E-state index in [1.807, 2.05) is 12.1 Å². The van der Waals surface area contributed by atoms with Gasteiger partial charge >= 0.3 is 32.7 Å². The molecule has 0 nitrogen and oxygen atoms in total. The van der Waals surface area contributed by atoms with Crippen molar-refractivity contribution in [1.29, 1.82) is 0 Å². The molecular formula is C13H17Y. The van der Waals surface area contributed by atoms with E-state index in [1.54, 1.807) is 0 Å². The second-order valence-corrected chi connectivity index (χ2v) is 3.21. The Kier molecular flexibility index (Phi) is 10.1. The van der Waals surface area contributed by atoms with E-state index in [2.05, 4.69) is 31.5 Å². The second kappa shape index (κ2) is 9.86. The normalized spacial score (nSPS) is 9.50. The summed E-state index contributed by atoms with van der Waals surface area (Å²) in [6.45, 7) is 3.82. The molecule has 0 aliphatic heterocycles. The fourth-order valence-electron chi connectivity index (χ4n) is 1.28. The van der Waals surface area contributed by atoms with Gasteiger partial charge in [-0.25, -0.2) is 0 Å². The minimum Gasteiger partial charge on any atom is -0.343 e. The van der Waals surface area contributed by atoms with Crippen LogP contribution in [0.4, 0.5) is 0 Å². The summed E-state index contributed by atoms with van der Waals surface area (Å²) in [6, 6.07) is 11.4. The predicted octanol–water partition coefficient (Wildman–Crippen LogP) is 3.63. The van der Waals surface area contributed by atoms with Gasteiger partial charge < -0.3 is 13.3 Å². The fourth-order valence-corrected chi connectivity index (χ4v) is 1.28. The molecule has 0 heterocycles. The monoisotopic (exact) mass is 262 g/mol. The van der Waals surface area contributed by atoms with Gasteiger partial charge in [-0.3, -0.25) is 0 Å². The first kappa shape index (κ1) is 14.3. The summed E-state index contributed by atoms with van der Waals surface area (Å²) in [7, 11) is 0. The third kappa shape index (κ3) is 6.73. The van der Waals surface area contributed by atoms with Gasteiger partial charge in [0.1, 0.15) is 0 Å². The Morgan fingerprint density at radius 1 is 1.29 bits per heavy atom. The van der Waals surface area contributed by atoms with Gasteiger partial charge in [-0.2, -0.15) is 55.2 Å². The Morgan fingerprint density at radius 3 is 2.79 bits per heavy atom. The maximum atomic E-state index is 3.82. The molecule has 1 aromatic rings. The number of unbranched alkanes of at least 4 members (excludes halogenated alkanes) is 4. The van der Waals surface area contributed by atoms with Crippen LogP contribution in [0, 0.1) is 19.4 Å². The molecule has 0 atom stereocenters. The van der Waals surface area contributed by atoms with Gasteiger partial charge in [-0.05, 0) is 0 Å². The van der Waals surface area contributed by atoms with Crippen molar-refractivity contribution in [2.24, 2.45) is 0 Å². The first-order valence-corrected chi connectivity index (χ1v) is 5.00. The molecule has 14 heavy (non-hydrogen) atoms. The van der Waals surface area contributed by atoms with Crippen LogP contribution >= 0.6 is 0 Å². The van der Waals surface area contributed by atoms with Gasteiger partial charge in [0.05, 0.1) is 0 Å². The van der Waals surface area contributed by atoms with Crippen molar-refractivity contribution >= 4 is 0 Å². The van der Waals surface area contributed by atoms with Gasteiger partial charge in [0.25, 0.3) is 0 Å². The van der Waals surface area contributed by atoms with Crippen molar-refractivity contribution in [3.63, 3.8) is 0 Å². The van der Waals surface area contributed by atoms with Crippen LogP contribution in [0.3, 0.4) is 0 Å². The van der Waals surface area contributed by atoms with E-state index in [0.717, 1.165) is 12.8 Å². The van der Waals surface area contributed by atoms with E-state index in [-0.39, 0.29) is 32.7 Å². The van der Waals surface area contributed by atoms with Crippen molar-refractivity contribution in [2.75, 3.05) is 0 Å². The molecule has 0 saturated heterocycles. The van der Waals surface area contributed by atoms with Crippen LogP contribution in [0.15, 0.2) is 24.3 Å². The van der Waals surface area contributed by atoms with E-state index >= 15 is 0 Å². The Balaban J connectivity index is 0.00000169. The van der Waals surface area contributed by atoms with Gasteiger partial charge in [0, 0.05) is 0 Å². The van der Waals surface area contributed by atoms with E-state index in [0.29, 0.717) is 0 Å². The molecule has 0 radical (unpaired) electrons. The molecule has 0 N–H and O–H groups in total. The minimum atomic E-state index is 0. The van der Waals surface area contributed by atoms with Gasteiger partial charge in [0.15, 0.2) is 0 Å². The van der Waals surface area contributed by atoms with Crippen LogP contribution in [0.2, 0.25) is 0 Å². The van der Waals surface area contributed by atoms with Crippen LogP contribution in [-0.4, -0.2) is 0 Å². The van der Waals surface area contributed by atoms with Crippen molar-refractivity contribution in [1.82, 2.24) is 0 Å². The molecule has 1 rings (SSSR count). The molecule has 0 unspecified atom stereocenters. The molecule has 72 valence electrons. The number of aryl methyl sites for hydroxylation is 1. The maximum absolute atomic E-state index is 3.82. The SMILES string of the molecule is [CH2-]CCC[CH-]CCc1[c-]cccc1.[Y+3]. The molecule has 0 saturated carbocycles. The number of benzene rings is 1. The Hall–Kier alpha value is 0.324. The maximum Gasteiger partial charge on any atom is 3.00 e. The molecule has 1 aromatic carbocycles. The fraction of sp³-hybridized carbons (Fsp3) is 0.385. The van der Waals surface area contributed by atoms with Crippen LogP contribution in [0.5, 0.6) is 0 Å². The molecule has 0 aliphatic carbocycles. The zero-order valence-corrected chi connectivity index (χ0v) is 11.5. The van der Waals surface area contributed by atoms with Gasteiger partial charge in [-0.1, -0.05) is 6.42 Å². The smallest absolute Gasteiger partial charge is 0.343 e. The van der Waals surface area contributed by atoms with Crippen LogP contribution < -0.4 is 0 Å². The third-order valence-corrected chi connectivity index (χ3v) is 2.05. The molecule has 0 aromatic heterocycles. The largest absolute Gasteiger partial charge is 3.00 e. The summed E-state index contributed by atoms with van der Waals surface area (Å²) >= 11 is 0. The van der Waals surface area contributed by atoms with Gasteiger partial charge in [-0.15, -0.1) is 6.42 Å². The topological polar surface area (TPSA) is 0 Å². The van der Waals surface area contributed by atoms with Crippen LogP contribution in [-0.2, 0) is 39.1 Å². The summed E-state index contributed by atoms with van der Waals surface area (Å²) in [5, 5.41) is 0. The number of hydrogen-bond acceptors (Lipinski definition) is 0. The predicted molar refractivity (Wildman–Crippen MR) is 57.1 cm³/mol. The van der Waals surface area contributed by atoms with Crippen molar-refractivity contribution in [3.8, 4) is 0 Å². The number of rotatable bonds is 6. The standard InChI is InChI=1S/C13H17.Y/c1-2-3-4-5-7-10-13-11-8-6-9-12-13;/h5-6,8-9,11H,1-4,7,10H2;/q-3;+3. The summed E-state index contributed by atoms with van der Waals surface area (Å²) in [5.74, 6) is 0. The first-order valence-electron chi connectivity index (χ1n) is 5.00. The molecule has 0 amide bonds. The van der Waals surface area contributed by atoms with E-state index in [1.165, 1.54) is 24.8 Å². The molecular weight excluding hydrogens is 245 g/mol. The van der Waals surface area contributed by atoms with Crippen LogP contribution in [0.1, 0.15) is 31.2 Å². The molecule has 1 heteroatoms. The Labute approximate surface area is 113 Å². The summed E-state index contributed by atoms with van der Waals surface area (Å²) in [6.07, 6.45) is 8.12. The number of hydrogen-bond donors (Lipinski definition) is 0. The zero-order valence-electron chi connectivity index (χ0n) is 8.71. The zero-order chi connectivity index (χ0) is 9.36. The quantitative estimate of drug-likeness (QED) is 0.542. The third-order valence-electron chi connectivity index (χ3n) is 2.05. The van der Waals surface area contributed by atoms with E-state index in [4.69, 9.17) is 0 Å². The average molecular weight is 262 g/mol. The Bertz CT molecular complexity index is 206. The van der Waals surface area contributed by atoms with Crippen molar-refractivity contribution < 1.29 is 32.7 Å². The first-order chi connectivity index (χ1) is 6.43. The summed E-state index contributed by atoms with van der Waals surface area (Å²) < 4.78 is 0. The van der Waals surface area contributed by atoms with E-state index < -0.39 is 0 Å². The molecule has 0 aliphatic rings. The average Bonchev–Trinajstić information content (AvgIpc) is 2.19. The van der Waals surface area contributed by atoms with E-state index in [9.17, 15) is 0 Å². The van der Waals surface area contributed by atoms with Crippen LogP contribution in [0.25, 0.3) is 0 Å². The Morgan fingerprint density at radius 2 is 2.14 bits per heavy atom. The van der Waals surface area contributed by atoms with Gasteiger partial charge in [0.2, 0.25) is 0 Å². The molecule has 0 fully saturated rings. The van der Waals surface area contributed by atoms with Crippen molar-refractivity contribution in [2.45, 2.75) is 32.1 Å². The molecule has 0 spiro atoms. The molecule has 0 bridgehead atoms. The van der Waals surface area contributed by atoms with Crippen molar-refractivity contribution in [3.05, 3.63) is 49.2 Å². The summed E-state index contributed by atoms with van der Waals surface area (Å²) in [4.78, 5) is 0. The second-order valence-electron chi connectivity index (χ2n) is 3.21. The summed E-state index contributed by atoms with van der Waals surface area (Å²) in [5.41, 5.74) is 1.31. The minimum absolute atomic E-state index is 0.